The van der Waals surface area contributed by atoms with Crippen molar-refractivity contribution in [2.45, 2.75) is 69.7 Å². The Kier molecular flexibility index (Phi) is 3.76. The Balaban J connectivity index is 1.44. The van der Waals surface area contributed by atoms with Crippen molar-refractivity contribution in [3.8, 4) is 11.4 Å². The average Bonchev–Trinajstić information content (AvgIpc) is 3.41. The molecule has 0 aliphatic heterocycles. The maximum absolute atomic E-state index is 5.55. The van der Waals surface area contributed by atoms with Crippen LogP contribution in [0.25, 0.3) is 22.4 Å². The average molecular weight is 337 g/mol. The molecule has 0 unspecified atom stereocenters. The van der Waals surface area contributed by atoms with Crippen molar-refractivity contribution in [1.29, 1.82) is 0 Å². The Hall–Kier alpha value is -2.24. The van der Waals surface area contributed by atoms with Crippen LogP contribution < -0.4 is 0 Å². The van der Waals surface area contributed by atoms with Crippen LogP contribution in [0.3, 0.4) is 0 Å². The van der Waals surface area contributed by atoms with E-state index < -0.39 is 0 Å². The van der Waals surface area contributed by atoms with Crippen molar-refractivity contribution in [2.75, 3.05) is 0 Å². The summed E-state index contributed by atoms with van der Waals surface area (Å²) in [6.07, 6.45) is 11.2. The summed E-state index contributed by atoms with van der Waals surface area (Å²) in [5, 5.41) is 13.0. The van der Waals surface area contributed by atoms with Crippen LogP contribution in [-0.2, 0) is 0 Å². The maximum atomic E-state index is 5.55. The number of rotatable bonds is 3. The Labute approximate surface area is 146 Å². The standard InChI is InChI=1S/C19H23N5O/c1-2-6-13(7-3-1)19-20-18(22-25-19)14-10-11-17-16(12-14)21-23-24(17)15-8-4-5-9-15/h10-13,15H,1-9H2. The fraction of sp³-hybridized carbons (Fsp3) is 0.579. The van der Waals surface area contributed by atoms with Gasteiger partial charge < -0.3 is 4.52 Å². The summed E-state index contributed by atoms with van der Waals surface area (Å²) in [5.74, 6) is 1.89. The molecular formula is C19H23N5O. The highest BCUT2D eigenvalue weighted by Gasteiger charge is 2.23. The fourth-order valence-electron chi connectivity index (χ4n) is 4.37. The van der Waals surface area contributed by atoms with Crippen molar-refractivity contribution in [3.05, 3.63) is 24.1 Å². The molecule has 2 aliphatic rings. The van der Waals surface area contributed by atoms with Crippen molar-refractivity contribution >= 4 is 11.0 Å². The smallest absolute Gasteiger partial charge is 0.230 e. The number of benzene rings is 1. The third-order valence-electron chi connectivity index (χ3n) is 5.80. The molecule has 6 heteroatoms. The van der Waals surface area contributed by atoms with Crippen LogP contribution in [0.1, 0.15) is 75.6 Å². The summed E-state index contributed by atoms with van der Waals surface area (Å²) in [5.41, 5.74) is 2.97. The zero-order chi connectivity index (χ0) is 16.6. The lowest BCUT2D eigenvalue weighted by molar-refractivity contribution is 0.314. The molecule has 5 rings (SSSR count). The molecule has 25 heavy (non-hydrogen) atoms. The molecule has 2 heterocycles. The highest BCUT2D eigenvalue weighted by atomic mass is 16.5. The molecular weight excluding hydrogens is 314 g/mol. The van der Waals surface area contributed by atoms with Crippen LogP contribution in [0.4, 0.5) is 0 Å². The first-order valence-electron chi connectivity index (χ1n) is 9.57. The van der Waals surface area contributed by atoms with E-state index in [0.29, 0.717) is 17.8 Å². The first-order chi connectivity index (χ1) is 12.4. The molecule has 0 N–H and O–H groups in total. The Morgan fingerprint density at radius 3 is 2.60 bits per heavy atom. The molecule has 0 atom stereocenters. The summed E-state index contributed by atoms with van der Waals surface area (Å²) < 4.78 is 7.65. The molecule has 0 amide bonds. The van der Waals surface area contributed by atoms with Crippen LogP contribution in [0.15, 0.2) is 22.7 Å². The van der Waals surface area contributed by atoms with E-state index >= 15 is 0 Å². The molecule has 2 saturated carbocycles. The number of hydrogen-bond donors (Lipinski definition) is 0. The van der Waals surface area contributed by atoms with Gasteiger partial charge in [-0.05, 0) is 43.9 Å². The van der Waals surface area contributed by atoms with E-state index in [1.54, 1.807) is 0 Å². The summed E-state index contributed by atoms with van der Waals surface area (Å²) in [4.78, 5) is 4.66. The van der Waals surface area contributed by atoms with Gasteiger partial charge in [-0.2, -0.15) is 4.98 Å². The highest BCUT2D eigenvalue weighted by molar-refractivity contribution is 5.79. The van der Waals surface area contributed by atoms with Crippen LogP contribution in [0, 0.1) is 0 Å². The van der Waals surface area contributed by atoms with Gasteiger partial charge in [-0.15, -0.1) is 5.10 Å². The molecule has 0 spiro atoms. The minimum absolute atomic E-state index is 0.432. The van der Waals surface area contributed by atoms with Gasteiger partial charge in [0.15, 0.2) is 0 Å². The SMILES string of the molecule is c1cc2c(cc1-c1noc(C3CCCCC3)n1)nnn2C1CCCC1. The molecule has 1 aromatic carbocycles. The number of hydrogen-bond acceptors (Lipinski definition) is 5. The Morgan fingerprint density at radius 1 is 0.960 bits per heavy atom. The van der Waals surface area contributed by atoms with E-state index in [0.717, 1.165) is 35.3 Å². The number of nitrogens with zero attached hydrogens (tertiary/aromatic N) is 5. The van der Waals surface area contributed by atoms with Gasteiger partial charge in [0.05, 0.1) is 11.6 Å². The fourth-order valence-corrected chi connectivity index (χ4v) is 4.37. The minimum atomic E-state index is 0.432. The summed E-state index contributed by atoms with van der Waals surface area (Å²) in [7, 11) is 0. The molecule has 6 nitrogen and oxygen atoms in total. The van der Waals surface area contributed by atoms with Gasteiger partial charge in [-0.1, -0.05) is 42.5 Å². The minimum Gasteiger partial charge on any atom is -0.339 e. The predicted octanol–water partition coefficient (Wildman–Crippen LogP) is 4.64. The van der Waals surface area contributed by atoms with Gasteiger partial charge in [-0.3, -0.25) is 0 Å². The van der Waals surface area contributed by atoms with Crippen LogP contribution >= 0.6 is 0 Å². The maximum Gasteiger partial charge on any atom is 0.230 e. The van der Waals surface area contributed by atoms with E-state index in [2.05, 4.69) is 37.3 Å². The van der Waals surface area contributed by atoms with Crippen LogP contribution in [0.2, 0.25) is 0 Å². The lowest BCUT2D eigenvalue weighted by Gasteiger charge is -2.17. The molecule has 0 radical (unpaired) electrons. The van der Waals surface area contributed by atoms with Crippen LogP contribution in [-0.4, -0.2) is 25.1 Å². The van der Waals surface area contributed by atoms with Crippen LogP contribution in [0.5, 0.6) is 0 Å². The highest BCUT2D eigenvalue weighted by Crippen LogP contribution is 2.34. The van der Waals surface area contributed by atoms with Crippen molar-refractivity contribution in [2.24, 2.45) is 0 Å². The summed E-state index contributed by atoms with van der Waals surface area (Å²) in [6.45, 7) is 0. The largest absolute Gasteiger partial charge is 0.339 e. The third kappa shape index (κ3) is 2.73. The van der Waals surface area contributed by atoms with Gasteiger partial charge >= 0.3 is 0 Å². The first-order valence-corrected chi connectivity index (χ1v) is 9.57. The van der Waals surface area contributed by atoms with Gasteiger partial charge in [0.1, 0.15) is 5.52 Å². The molecule has 2 aliphatic carbocycles. The second kappa shape index (κ2) is 6.24. The van der Waals surface area contributed by atoms with Gasteiger partial charge in [0.25, 0.3) is 0 Å². The van der Waals surface area contributed by atoms with Crippen molar-refractivity contribution in [3.63, 3.8) is 0 Å². The molecule has 2 fully saturated rings. The summed E-state index contributed by atoms with van der Waals surface area (Å²) >= 11 is 0. The third-order valence-corrected chi connectivity index (χ3v) is 5.80. The molecule has 0 bridgehead atoms. The van der Waals surface area contributed by atoms with E-state index in [-0.39, 0.29) is 0 Å². The molecule has 0 saturated heterocycles. The monoisotopic (exact) mass is 337 g/mol. The van der Waals surface area contributed by atoms with E-state index in [4.69, 9.17) is 4.52 Å². The lowest BCUT2D eigenvalue weighted by atomic mass is 9.89. The van der Waals surface area contributed by atoms with Crippen molar-refractivity contribution < 1.29 is 4.52 Å². The zero-order valence-corrected chi connectivity index (χ0v) is 14.4. The number of aromatic nitrogens is 5. The normalized spacial score (nSPS) is 19.8. The second-order valence-electron chi connectivity index (χ2n) is 7.47. The van der Waals surface area contributed by atoms with E-state index in [1.165, 1.54) is 44.9 Å². The van der Waals surface area contributed by atoms with Gasteiger partial charge in [0, 0.05) is 11.5 Å². The predicted molar refractivity (Wildman–Crippen MR) is 94.2 cm³/mol. The Morgan fingerprint density at radius 2 is 1.76 bits per heavy atom. The second-order valence-corrected chi connectivity index (χ2v) is 7.47. The topological polar surface area (TPSA) is 69.6 Å². The molecule has 130 valence electrons. The van der Waals surface area contributed by atoms with E-state index in [1.807, 2.05) is 6.07 Å². The molecule has 3 aromatic rings. The quantitative estimate of drug-likeness (QED) is 0.696. The summed E-state index contributed by atoms with van der Waals surface area (Å²) in [6, 6.07) is 6.69. The van der Waals surface area contributed by atoms with Gasteiger partial charge in [-0.25, -0.2) is 4.68 Å². The van der Waals surface area contributed by atoms with Gasteiger partial charge in [0.2, 0.25) is 11.7 Å². The Bertz CT molecular complexity index is 871. The van der Waals surface area contributed by atoms with E-state index in [9.17, 15) is 0 Å². The lowest BCUT2D eigenvalue weighted by Crippen LogP contribution is -2.06. The number of fused-ring (bicyclic) bond motifs is 1. The van der Waals surface area contributed by atoms with Crippen molar-refractivity contribution in [1.82, 2.24) is 25.1 Å². The first kappa shape index (κ1) is 15.0. The molecule has 2 aromatic heterocycles. The zero-order valence-electron chi connectivity index (χ0n) is 14.4.